The van der Waals surface area contributed by atoms with Gasteiger partial charge in [-0.2, -0.15) is 0 Å². The van der Waals surface area contributed by atoms with Gasteiger partial charge < -0.3 is 10.1 Å². The van der Waals surface area contributed by atoms with E-state index in [1.54, 1.807) is 19.2 Å². The minimum absolute atomic E-state index is 0.327. The molecule has 1 aromatic rings. The maximum Gasteiger partial charge on any atom is 0.147 e. The molecule has 2 nitrogen and oxygen atoms in total. The van der Waals surface area contributed by atoms with Crippen molar-refractivity contribution in [2.24, 2.45) is 5.92 Å². The van der Waals surface area contributed by atoms with Crippen molar-refractivity contribution in [2.45, 2.75) is 6.92 Å². The van der Waals surface area contributed by atoms with Crippen LogP contribution in [-0.2, 0) is 4.74 Å². The summed E-state index contributed by atoms with van der Waals surface area (Å²) in [7, 11) is 1.65. The minimum atomic E-state index is -0.327. The number of halogens is 2. The first-order valence-electron chi connectivity index (χ1n) is 4.81. The van der Waals surface area contributed by atoms with E-state index in [9.17, 15) is 4.39 Å². The first-order valence-corrected chi connectivity index (χ1v) is 5.19. The van der Waals surface area contributed by atoms with Crippen LogP contribution in [0, 0.1) is 11.7 Å². The van der Waals surface area contributed by atoms with Crippen LogP contribution in [0.25, 0.3) is 0 Å². The zero-order valence-electron chi connectivity index (χ0n) is 8.89. The van der Waals surface area contributed by atoms with Crippen molar-refractivity contribution < 1.29 is 9.13 Å². The lowest BCUT2D eigenvalue weighted by Gasteiger charge is -2.13. The summed E-state index contributed by atoms with van der Waals surface area (Å²) in [4.78, 5) is 0. The third kappa shape index (κ3) is 4.06. The molecular weight excluding hydrogens is 217 g/mol. The number of methoxy groups -OCH3 is 1. The molecule has 1 rings (SSSR count). The van der Waals surface area contributed by atoms with Crippen LogP contribution in [0.15, 0.2) is 18.2 Å². The molecule has 0 aliphatic heterocycles. The maximum absolute atomic E-state index is 13.3. The molecule has 84 valence electrons. The molecule has 0 aliphatic rings. The van der Waals surface area contributed by atoms with Crippen molar-refractivity contribution in [3.63, 3.8) is 0 Å². The second kappa shape index (κ2) is 5.93. The van der Waals surface area contributed by atoms with Gasteiger partial charge in [0.2, 0.25) is 0 Å². The molecule has 0 spiro atoms. The van der Waals surface area contributed by atoms with E-state index in [0.29, 0.717) is 29.8 Å². The summed E-state index contributed by atoms with van der Waals surface area (Å²) in [6.45, 7) is 3.36. The zero-order valence-corrected chi connectivity index (χ0v) is 9.64. The van der Waals surface area contributed by atoms with Crippen molar-refractivity contribution in [1.29, 1.82) is 0 Å². The summed E-state index contributed by atoms with van der Waals surface area (Å²) in [6, 6.07) is 4.59. The van der Waals surface area contributed by atoms with Gasteiger partial charge in [0, 0.05) is 18.7 Å². The van der Waals surface area contributed by atoms with E-state index in [0.717, 1.165) is 0 Å². The highest BCUT2D eigenvalue weighted by Crippen LogP contribution is 2.18. The molecular formula is C11H15ClFNO. The molecule has 1 atom stereocenters. The molecule has 4 heteroatoms. The fourth-order valence-electron chi connectivity index (χ4n) is 1.26. The Hall–Kier alpha value is -0.800. The van der Waals surface area contributed by atoms with Crippen LogP contribution in [0.3, 0.4) is 0 Å². The first-order chi connectivity index (χ1) is 7.13. The smallest absolute Gasteiger partial charge is 0.147 e. The number of benzene rings is 1. The lowest BCUT2D eigenvalue weighted by molar-refractivity contribution is 0.164. The SMILES string of the molecule is COCC(C)CNc1ccc(Cl)cc1F. The maximum atomic E-state index is 13.3. The zero-order chi connectivity index (χ0) is 11.3. The van der Waals surface area contributed by atoms with Gasteiger partial charge in [0.25, 0.3) is 0 Å². The number of nitrogens with one attached hydrogen (secondary N) is 1. The van der Waals surface area contributed by atoms with Gasteiger partial charge >= 0.3 is 0 Å². The van der Waals surface area contributed by atoms with Crippen LogP contribution in [0.4, 0.5) is 10.1 Å². The number of rotatable bonds is 5. The van der Waals surface area contributed by atoms with Crippen LogP contribution < -0.4 is 5.32 Å². The van der Waals surface area contributed by atoms with E-state index in [1.807, 2.05) is 6.92 Å². The Morgan fingerprint density at radius 3 is 2.87 bits per heavy atom. The molecule has 0 heterocycles. The molecule has 0 amide bonds. The Kier molecular flexibility index (Phi) is 4.85. The number of hydrogen-bond acceptors (Lipinski definition) is 2. The molecule has 0 bridgehead atoms. The minimum Gasteiger partial charge on any atom is -0.384 e. The van der Waals surface area contributed by atoms with Gasteiger partial charge in [0.1, 0.15) is 5.82 Å². The van der Waals surface area contributed by atoms with Crippen molar-refractivity contribution in [3.05, 3.63) is 29.0 Å². The normalized spacial score (nSPS) is 12.5. The van der Waals surface area contributed by atoms with E-state index < -0.39 is 0 Å². The van der Waals surface area contributed by atoms with Gasteiger partial charge in [-0.3, -0.25) is 0 Å². The third-order valence-corrected chi connectivity index (χ3v) is 2.26. The van der Waals surface area contributed by atoms with Crippen LogP contribution in [0.2, 0.25) is 5.02 Å². The molecule has 1 aromatic carbocycles. The van der Waals surface area contributed by atoms with Gasteiger partial charge in [0.15, 0.2) is 0 Å². The first kappa shape index (κ1) is 12.3. The van der Waals surface area contributed by atoms with Gasteiger partial charge in [-0.25, -0.2) is 4.39 Å². The standard InChI is InChI=1S/C11H15ClFNO/c1-8(7-15-2)6-14-11-4-3-9(12)5-10(11)13/h3-5,8,14H,6-7H2,1-2H3. The number of anilines is 1. The second-order valence-electron chi connectivity index (χ2n) is 3.57. The van der Waals surface area contributed by atoms with E-state index in [2.05, 4.69) is 5.32 Å². The quantitative estimate of drug-likeness (QED) is 0.841. The molecule has 0 fully saturated rings. The Morgan fingerprint density at radius 1 is 1.53 bits per heavy atom. The lowest BCUT2D eigenvalue weighted by atomic mass is 10.2. The predicted octanol–water partition coefficient (Wildman–Crippen LogP) is 3.17. The molecule has 1 unspecified atom stereocenters. The summed E-state index contributed by atoms with van der Waals surface area (Å²) in [6.07, 6.45) is 0. The van der Waals surface area contributed by atoms with E-state index >= 15 is 0 Å². The number of ether oxygens (including phenoxy) is 1. The average molecular weight is 232 g/mol. The summed E-state index contributed by atoms with van der Waals surface area (Å²) in [5.74, 6) is 0.0113. The second-order valence-corrected chi connectivity index (χ2v) is 4.00. The summed E-state index contributed by atoms with van der Waals surface area (Å²) in [5.41, 5.74) is 0.474. The van der Waals surface area contributed by atoms with Gasteiger partial charge in [-0.15, -0.1) is 0 Å². The molecule has 0 saturated carbocycles. The third-order valence-electron chi connectivity index (χ3n) is 2.02. The Morgan fingerprint density at radius 2 is 2.27 bits per heavy atom. The fraction of sp³-hybridized carbons (Fsp3) is 0.455. The van der Waals surface area contributed by atoms with Crippen LogP contribution in [0.1, 0.15) is 6.92 Å². The fourth-order valence-corrected chi connectivity index (χ4v) is 1.42. The Balaban J connectivity index is 2.50. The van der Waals surface area contributed by atoms with Crippen molar-refractivity contribution in [3.8, 4) is 0 Å². The lowest BCUT2D eigenvalue weighted by Crippen LogP contribution is -2.16. The average Bonchev–Trinajstić information content (AvgIpc) is 2.17. The Bertz CT molecular complexity index is 319. The number of hydrogen-bond donors (Lipinski definition) is 1. The predicted molar refractivity (Wildman–Crippen MR) is 60.9 cm³/mol. The molecule has 0 aromatic heterocycles. The van der Waals surface area contributed by atoms with E-state index in [4.69, 9.17) is 16.3 Å². The van der Waals surface area contributed by atoms with Crippen molar-refractivity contribution in [1.82, 2.24) is 0 Å². The highest BCUT2D eigenvalue weighted by Gasteiger charge is 2.05. The summed E-state index contributed by atoms with van der Waals surface area (Å²) >= 11 is 5.64. The molecule has 0 saturated heterocycles. The molecule has 1 N–H and O–H groups in total. The van der Waals surface area contributed by atoms with Gasteiger partial charge in [-0.05, 0) is 24.1 Å². The van der Waals surface area contributed by atoms with Crippen molar-refractivity contribution in [2.75, 3.05) is 25.6 Å². The highest BCUT2D eigenvalue weighted by molar-refractivity contribution is 6.30. The summed E-state index contributed by atoms with van der Waals surface area (Å²) < 4.78 is 18.3. The largest absolute Gasteiger partial charge is 0.384 e. The molecule has 15 heavy (non-hydrogen) atoms. The van der Waals surface area contributed by atoms with E-state index in [-0.39, 0.29) is 5.82 Å². The topological polar surface area (TPSA) is 21.3 Å². The Labute approximate surface area is 94.4 Å². The molecule has 0 radical (unpaired) electrons. The van der Waals surface area contributed by atoms with Gasteiger partial charge in [-0.1, -0.05) is 18.5 Å². The van der Waals surface area contributed by atoms with E-state index in [1.165, 1.54) is 6.07 Å². The van der Waals surface area contributed by atoms with Crippen molar-refractivity contribution >= 4 is 17.3 Å². The monoisotopic (exact) mass is 231 g/mol. The molecule has 0 aliphatic carbocycles. The highest BCUT2D eigenvalue weighted by atomic mass is 35.5. The van der Waals surface area contributed by atoms with Crippen LogP contribution in [0.5, 0.6) is 0 Å². The van der Waals surface area contributed by atoms with Crippen LogP contribution in [-0.4, -0.2) is 20.3 Å². The van der Waals surface area contributed by atoms with Crippen LogP contribution >= 0.6 is 11.6 Å². The van der Waals surface area contributed by atoms with Gasteiger partial charge in [0.05, 0.1) is 12.3 Å². The summed E-state index contributed by atoms with van der Waals surface area (Å²) in [5, 5.41) is 3.42.